The van der Waals surface area contributed by atoms with Crippen LogP contribution in [0.15, 0.2) is 18.3 Å². The summed E-state index contributed by atoms with van der Waals surface area (Å²) in [4.78, 5) is 17.8. The molecule has 0 aliphatic carbocycles. The molecule has 1 amide bonds. The van der Waals surface area contributed by atoms with Gasteiger partial charge in [0.15, 0.2) is 0 Å². The smallest absolute Gasteiger partial charge is 0.272 e. The maximum atomic E-state index is 12.0. The molecule has 0 aromatic carbocycles. The first kappa shape index (κ1) is 11.0. The summed E-state index contributed by atoms with van der Waals surface area (Å²) in [7, 11) is 0. The fourth-order valence-electron chi connectivity index (χ4n) is 1.51. The van der Waals surface area contributed by atoms with Crippen LogP contribution >= 0.6 is 11.8 Å². The van der Waals surface area contributed by atoms with Gasteiger partial charge in [0.05, 0.1) is 5.56 Å². The molecule has 0 unspecified atom stereocenters. The van der Waals surface area contributed by atoms with Crippen LogP contribution in [-0.4, -0.2) is 40.4 Å². The molecule has 1 aromatic rings. The number of rotatable bonds is 1. The van der Waals surface area contributed by atoms with Crippen LogP contribution in [-0.2, 0) is 0 Å². The summed E-state index contributed by atoms with van der Waals surface area (Å²) in [5, 5.41) is 8.63. The lowest BCUT2D eigenvalue weighted by Crippen LogP contribution is -2.38. The highest BCUT2D eigenvalue weighted by molar-refractivity contribution is 7.99. The Morgan fingerprint density at radius 1 is 1.44 bits per heavy atom. The quantitative estimate of drug-likeness (QED) is 0.730. The van der Waals surface area contributed by atoms with Crippen molar-refractivity contribution in [3.05, 3.63) is 29.6 Å². The first-order chi connectivity index (χ1) is 7.81. The molecule has 82 valence electrons. The number of nitrogens with zero attached hydrogens (tertiary/aromatic N) is 3. The number of aromatic nitrogens is 1. The number of thioether (sulfide) groups is 1. The van der Waals surface area contributed by atoms with Crippen LogP contribution in [0.5, 0.6) is 0 Å². The maximum absolute atomic E-state index is 12.0. The van der Waals surface area contributed by atoms with E-state index in [1.165, 1.54) is 6.20 Å². The molecule has 1 aliphatic heterocycles. The van der Waals surface area contributed by atoms with Crippen molar-refractivity contribution in [3.63, 3.8) is 0 Å². The Morgan fingerprint density at radius 3 is 2.75 bits per heavy atom. The number of hydrogen-bond donors (Lipinski definition) is 0. The summed E-state index contributed by atoms with van der Waals surface area (Å²) in [5.41, 5.74) is 0.900. The summed E-state index contributed by atoms with van der Waals surface area (Å²) in [6.07, 6.45) is 1.44. The van der Waals surface area contributed by atoms with Crippen molar-refractivity contribution in [1.29, 1.82) is 5.26 Å². The molecule has 2 heterocycles. The van der Waals surface area contributed by atoms with Crippen molar-refractivity contribution in [2.75, 3.05) is 24.6 Å². The molecule has 1 aromatic heterocycles. The molecular weight excluding hydrogens is 222 g/mol. The van der Waals surface area contributed by atoms with E-state index >= 15 is 0 Å². The van der Waals surface area contributed by atoms with Gasteiger partial charge in [0.25, 0.3) is 5.91 Å². The number of pyridine rings is 1. The Bertz CT molecular complexity index is 418. The Hall–Kier alpha value is -1.54. The van der Waals surface area contributed by atoms with E-state index in [1.807, 2.05) is 22.7 Å². The highest BCUT2D eigenvalue weighted by Gasteiger charge is 2.19. The van der Waals surface area contributed by atoms with Gasteiger partial charge in [-0.25, -0.2) is 4.98 Å². The molecule has 0 bridgehead atoms. The molecule has 2 rings (SSSR count). The predicted molar refractivity (Wildman–Crippen MR) is 62.2 cm³/mol. The van der Waals surface area contributed by atoms with Gasteiger partial charge in [-0.1, -0.05) is 0 Å². The van der Waals surface area contributed by atoms with Crippen molar-refractivity contribution in [3.8, 4) is 6.07 Å². The lowest BCUT2D eigenvalue weighted by molar-refractivity contribution is 0.0766. The lowest BCUT2D eigenvalue weighted by Gasteiger charge is -2.25. The van der Waals surface area contributed by atoms with E-state index in [4.69, 9.17) is 5.26 Å². The first-order valence-corrected chi connectivity index (χ1v) is 6.20. The van der Waals surface area contributed by atoms with Gasteiger partial charge >= 0.3 is 0 Å². The minimum absolute atomic E-state index is 0.0372. The topological polar surface area (TPSA) is 57.0 Å². The molecular formula is C11H11N3OS. The van der Waals surface area contributed by atoms with Crippen LogP contribution in [0.1, 0.15) is 16.1 Å². The molecule has 1 fully saturated rings. The molecule has 0 radical (unpaired) electrons. The third-order valence-electron chi connectivity index (χ3n) is 2.41. The standard InChI is InChI=1S/C11H11N3OS/c12-7-9-1-2-10(13-8-9)11(15)14-3-5-16-6-4-14/h1-2,8H,3-6H2. The fourth-order valence-corrected chi connectivity index (χ4v) is 2.42. The van der Waals surface area contributed by atoms with Crippen LogP contribution in [0.4, 0.5) is 0 Å². The summed E-state index contributed by atoms with van der Waals surface area (Å²) >= 11 is 1.86. The van der Waals surface area contributed by atoms with Gasteiger partial charge in [-0.05, 0) is 12.1 Å². The van der Waals surface area contributed by atoms with E-state index in [0.29, 0.717) is 11.3 Å². The summed E-state index contributed by atoms with van der Waals surface area (Å²) in [6, 6.07) is 5.22. The van der Waals surface area contributed by atoms with Crippen molar-refractivity contribution in [1.82, 2.24) is 9.88 Å². The molecule has 0 saturated carbocycles. The zero-order valence-electron chi connectivity index (χ0n) is 8.72. The summed E-state index contributed by atoms with van der Waals surface area (Å²) < 4.78 is 0. The normalized spacial score (nSPS) is 15.6. The van der Waals surface area contributed by atoms with Gasteiger partial charge in [-0.2, -0.15) is 17.0 Å². The maximum Gasteiger partial charge on any atom is 0.272 e. The van der Waals surface area contributed by atoms with Crippen molar-refractivity contribution in [2.24, 2.45) is 0 Å². The zero-order chi connectivity index (χ0) is 11.4. The second-order valence-electron chi connectivity index (χ2n) is 3.45. The lowest BCUT2D eigenvalue weighted by atomic mass is 10.2. The number of carbonyl (C=O) groups is 1. The van der Waals surface area contributed by atoms with Gasteiger partial charge in [0.2, 0.25) is 0 Å². The van der Waals surface area contributed by atoms with Gasteiger partial charge in [0, 0.05) is 30.8 Å². The van der Waals surface area contributed by atoms with Gasteiger partial charge in [0.1, 0.15) is 11.8 Å². The van der Waals surface area contributed by atoms with Gasteiger partial charge in [-0.15, -0.1) is 0 Å². The van der Waals surface area contributed by atoms with Gasteiger partial charge in [-0.3, -0.25) is 4.79 Å². The third kappa shape index (κ3) is 2.34. The van der Waals surface area contributed by atoms with Crippen molar-refractivity contribution in [2.45, 2.75) is 0 Å². The highest BCUT2D eigenvalue weighted by atomic mass is 32.2. The predicted octanol–water partition coefficient (Wildman–Crippen LogP) is 1.14. The second kappa shape index (κ2) is 4.99. The molecule has 1 aliphatic rings. The van der Waals surface area contributed by atoms with Crippen LogP contribution in [0.25, 0.3) is 0 Å². The van der Waals surface area contributed by atoms with E-state index in [1.54, 1.807) is 12.1 Å². The van der Waals surface area contributed by atoms with E-state index in [0.717, 1.165) is 24.6 Å². The van der Waals surface area contributed by atoms with E-state index in [-0.39, 0.29) is 5.91 Å². The Morgan fingerprint density at radius 2 is 2.19 bits per heavy atom. The molecule has 16 heavy (non-hydrogen) atoms. The number of nitriles is 1. The summed E-state index contributed by atoms with van der Waals surface area (Å²) in [6.45, 7) is 1.57. The Labute approximate surface area is 98.3 Å². The van der Waals surface area contributed by atoms with Gasteiger partial charge < -0.3 is 4.90 Å². The van der Waals surface area contributed by atoms with E-state index in [9.17, 15) is 4.79 Å². The van der Waals surface area contributed by atoms with Crippen LogP contribution in [0, 0.1) is 11.3 Å². The van der Waals surface area contributed by atoms with Crippen LogP contribution in [0.2, 0.25) is 0 Å². The highest BCUT2D eigenvalue weighted by Crippen LogP contribution is 2.12. The van der Waals surface area contributed by atoms with E-state index in [2.05, 4.69) is 4.98 Å². The second-order valence-corrected chi connectivity index (χ2v) is 4.67. The Kier molecular flexibility index (Phi) is 3.42. The Balaban J connectivity index is 2.11. The number of hydrogen-bond acceptors (Lipinski definition) is 4. The molecule has 0 N–H and O–H groups in total. The molecule has 5 heteroatoms. The molecule has 0 spiro atoms. The molecule has 4 nitrogen and oxygen atoms in total. The minimum atomic E-state index is -0.0372. The van der Waals surface area contributed by atoms with Crippen molar-refractivity contribution >= 4 is 17.7 Å². The largest absolute Gasteiger partial charge is 0.336 e. The first-order valence-electron chi connectivity index (χ1n) is 5.04. The minimum Gasteiger partial charge on any atom is -0.336 e. The SMILES string of the molecule is N#Cc1ccc(C(=O)N2CCSCC2)nc1. The molecule has 0 atom stereocenters. The number of amides is 1. The fraction of sp³-hybridized carbons (Fsp3) is 0.364. The van der Waals surface area contributed by atoms with E-state index < -0.39 is 0 Å². The average Bonchev–Trinajstić information content (AvgIpc) is 2.39. The average molecular weight is 233 g/mol. The zero-order valence-corrected chi connectivity index (χ0v) is 9.54. The monoisotopic (exact) mass is 233 g/mol. The van der Waals surface area contributed by atoms with Crippen LogP contribution < -0.4 is 0 Å². The number of carbonyl (C=O) groups excluding carboxylic acids is 1. The van der Waals surface area contributed by atoms with Crippen molar-refractivity contribution < 1.29 is 4.79 Å². The summed E-state index contributed by atoms with van der Waals surface area (Å²) in [5.74, 6) is 1.94. The molecule has 1 saturated heterocycles. The third-order valence-corrected chi connectivity index (χ3v) is 3.35. The van der Waals surface area contributed by atoms with Crippen LogP contribution in [0.3, 0.4) is 0 Å².